The summed E-state index contributed by atoms with van der Waals surface area (Å²) in [7, 11) is 1.71. The fourth-order valence-corrected chi connectivity index (χ4v) is 2.85. The fourth-order valence-electron chi connectivity index (χ4n) is 2.85. The van der Waals surface area contributed by atoms with Crippen molar-refractivity contribution < 1.29 is 4.74 Å². The van der Waals surface area contributed by atoms with E-state index in [1.807, 2.05) is 19.1 Å². The van der Waals surface area contributed by atoms with Gasteiger partial charge >= 0.3 is 0 Å². The van der Waals surface area contributed by atoms with Crippen LogP contribution in [0.3, 0.4) is 0 Å². The van der Waals surface area contributed by atoms with Crippen molar-refractivity contribution in [2.75, 3.05) is 13.7 Å². The van der Waals surface area contributed by atoms with E-state index in [4.69, 9.17) is 15.5 Å². The van der Waals surface area contributed by atoms with Crippen molar-refractivity contribution in [3.05, 3.63) is 23.5 Å². The van der Waals surface area contributed by atoms with Crippen molar-refractivity contribution in [2.24, 2.45) is 5.73 Å². The second-order valence-electron chi connectivity index (χ2n) is 5.05. The second-order valence-corrected chi connectivity index (χ2v) is 5.05. The van der Waals surface area contributed by atoms with E-state index in [0.29, 0.717) is 6.54 Å². The number of nitrogens with two attached hydrogens (primary N) is 1. The zero-order chi connectivity index (χ0) is 12.3. The number of hydrogen-bond acceptors (Lipinski definition) is 3. The minimum atomic E-state index is 0.0373. The van der Waals surface area contributed by atoms with Crippen LogP contribution in [0.2, 0.25) is 0 Å². The van der Waals surface area contributed by atoms with Gasteiger partial charge in [-0.25, -0.2) is 0 Å². The summed E-state index contributed by atoms with van der Waals surface area (Å²) in [6.07, 6.45) is 6.08. The maximum absolute atomic E-state index is 6.05. The molecule has 1 aromatic rings. The Balaban J connectivity index is 2.44. The number of rotatable bonds is 3. The summed E-state index contributed by atoms with van der Waals surface area (Å²) in [6, 6.07) is 4.01. The van der Waals surface area contributed by atoms with Crippen LogP contribution in [-0.2, 0) is 5.41 Å². The molecule has 0 spiro atoms. The van der Waals surface area contributed by atoms with Crippen molar-refractivity contribution in [1.82, 2.24) is 4.98 Å². The van der Waals surface area contributed by atoms with Gasteiger partial charge < -0.3 is 10.5 Å². The smallest absolute Gasteiger partial charge is 0.140 e. The summed E-state index contributed by atoms with van der Waals surface area (Å²) in [5.74, 6) is 0.892. The number of ether oxygens (including phenoxy) is 1. The molecule has 1 saturated carbocycles. The van der Waals surface area contributed by atoms with Gasteiger partial charge in [0.15, 0.2) is 0 Å². The third kappa shape index (κ3) is 2.29. The van der Waals surface area contributed by atoms with Crippen molar-refractivity contribution in [2.45, 2.75) is 44.4 Å². The lowest BCUT2D eigenvalue weighted by Gasteiger charge is -2.36. The SMILES string of the molecule is COc1ccc(C)nc1C1(CN)CCCCC1. The topological polar surface area (TPSA) is 48.1 Å². The average Bonchev–Trinajstić information content (AvgIpc) is 2.39. The van der Waals surface area contributed by atoms with Gasteiger partial charge in [0.1, 0.15) is 5.75 Å². The predicted molar refractivity (Wildman–Crippen MR) is 69.3 cm³/mol. The quantitative estimate of drug-likeness (QED) is 0.874. The first kappa shape index (κ1) is 12.4. The van der Waals surface area contributed by atoms with Gasteiger partial charge in [-0.1, -0.05) is 19.3 Å². The Kier molecular flexibility index (Phi) is 3.67. The van der Waals surface area contributed by atoms with Crippen LogP contribution in [0.25, 0.3) is 0 Å². The predicted octanol–water partition coefficient (Wildman–Crippen LogP) is 2.56. The molecule has 1 aliphatic carbocycles. The van der Waals surface area contributed by atoms with Crippen LogP contribution >= 0.6 is 0 Å². The molecule has 0 atom stereocenters. The first-order valence-corrected chi connectivity index (χ1v) is 6.44. The van der Waals surface area contributed by atoms with E-state index < -0.39 is 0 Å². The molecular formula is C14H22N2O. The average molecular weight is 234 g/mol. The Bertz CT molecular complexity index is 384. The Hall–Kier alpha value is -1.09. The van der Waals surface area contributed by atoms with E-state index in [9.17, 15) is 0 Å². The molecule has 1 aromatic heterocycles. The van der Waals surface area contributed by atoms with Gasteiger partial charge in [-0.05, 0) is 31.9 Å². The minimum absolute atomic E-state index is 0.0373. The number of methoxy groups -OCH3 is 1. The zero-order valence-electron chi connectivity index (χ0n) is 10.8. The monoisotopic (exact) mass is 234 g/mol. The molecule has 0 unspecified atom stereocenters. The highest BCUT2D eigenvalue weighted by Crippen LogP contribution is 2.41. The molecule has 0 aromatic carbocycles. The van der Waals surface area contributed by atoms with Crippen molar-refractivity contribution in [3.63, 3.8) is 0 Å². The number of aromatic nitrogens is 1. The summed E-state index contributed by atoms with van der Waals surface area (Å²) in [4.78, 5) is 4.71. The van der Waals surface area contributed by atoms with Gasteiger partial charge in [0.2, 0.25) is 0 Å². The molecule has 94 valence electrons. The maximum atomic E-state index is 6.05. The Morgan fingerprint density at radius 3 is 2.59 bits per heavy atom. The van der Waals surface area contributed by atoms with Gasteiger partial charge in [0.25, 0.3) is 0 Å². The van der Waals surface area contributed by atoms with E-state index in [-0.39, 0.29) is 5.41 Å². The molecule has 0 aliphatic heterocycles. The minimum Gasteiger partial charge on any atom is -0.495 e. The molecular weight excluding hydrogens is 212 g/mol. The van der Waals surface area contributed by atoms with Crippen LogP contribution in [0.5, 0.6) is 5.75 Å². The molecule has 2 rings (SSSR count). The summed E-state index contributed by atoms with van der Waals surface area (Å²) >= 11 is 0. The summed E-state index contributed by atoms with van der Waals surface area (Å²) < 4.78 is 5.46. The lowest BCUT2D eigenvalue weighted by molar-refractivity contribution is 0.279. The molecule has 1 heterocycles. The summed E-state index contributed by atoms with van der Waals surface area (Å²) in [5, 5.41) is 0. The number of aryl methyl sites for hydroxylation is 1. The lowest BCUT2D eigenvalue weighted by atomic mass is 9.71. The van der Waals surface area contributed by atoms with Crippen LogP contribution in [0.4, 0.5) is 0 Å². The van der Waals surface area contributed by atoms with Gasteiger partial charge in [-0.15, -0.1) is 0 Å². The van der Waals surface area contributed by atoms with Crippen LogP contribution in [0, 0.1) is 6.92 Å². The lowest BCUT2D eigenvalue weighted by Crippen LogP contribution is -2.38. The fraction of sp³-hybridized carbons (Fsp3) is 0.643. The van der Waals surface area contributed by atoms with E-state index in [1.54, 1.807) is 7.11 Å². The zero-order valence-corrected chi connectivity index (χ0v) is 10.8. The molecule has 3 heteroatoms. The van der Waals surface area contributed by atoms with E-state index in [0.717, 1.165) is 30.0 Å². The maximum Gasteiger partial charge on any atom is 0.140 e. The molecule has 1 fully saturated rings. The third-order valence-corrected chi connectivity index (χ3v) is 3.92. The highest BCUT2D eigenvalue weighted by molar-refractivity contribution is 5.36. The van der Waals surface area contributed by atoms with Crippen LogP contribution in [-0.4, -0.2) is 18.6 Å². The molecule has 0 radical (unpaired) electrons. The Morgan fingerprint density at radius 2 is 2.00 bits per heavy atom. The number of nitrogens with zero attached hydrogens (tertiary/aromatic N) is 1. The van der Waals surface area contributed by atoms with E-state index in [2.05, 4.69) is 0 Å². The second kappa shape index (κ2) is 5.05. The first-order chi connectivity index (χ1) is 8.22. The largest absolute Gasteiger partial charge is 0.495 e. The van der Waals surface area contributed by atoms with Gasteiger partial charge in [-0.3, -0.25) is 4.98 Å². The molecule has 0 saturated heterocycles. The highest BCUT2D eigenvalue weighted by atomic mass is 16.5. The van der Waals surface area contributed by atoms with Crippen LogP contribution in [0.1, 0.15) is 43.5 Å². The molecule has 2 N–H and O–H groups in total. The first-order valence-electron chi connectivity index (χ1n) is 6.44. The molecule has 3 nitrogen and oxygen atoms in total. The highest BCUT2D eigenvalue weighted by Gasteiger charge is 2.36. The molecule has 1 aliphatic rings. The van der Waals surface area contributed by atoms with Crippen molar-refractivity contribution in [3.8, 4) is 5.75 Å². The van der Waals surface area contributed by atoms with Crippen LogP contribution in [0.15, 0.2) is 12.1 Å². The number of pyridine rings is 1. The Labute approximate surface area is 103 Å². The summed E-state index contributed by atoms with van der Waals surface area (Å²) in [5.41, 5.74) is 8.20. The van der Waals surface area contributed by atoms with Gasteiger partial charge in [0, 0.05) is 17.7 Å². The van der Waals surface area contributed by atoms with Gasteiger partial charge in [-0.2, -0.15) is 0 Å². The molecule has 0 bridgehead atoms. The third-order valence-electron chi connectivity index (χ3n) is 3.92. The van der Waals surface area contributed by atoms with E-state index >= 15 is 0 Å². The van der Waals surface area contributed by atoms with Gasteiger partial charge in [0.05, 0.1) is 12.8 Å². The summed E-state index contributed by atoms with van der Waals surface area (Å²) in [6.45, 7) is 2.69. The molecule has 0 amide bonds. The standard InChI is InChI=1S/C14H22N2O/c1-11-6-7-12(17-2)13(16-11)14(10-15)8-4-3-5-9-14/h6-7H,3-5,8-10,15H2,1-2H3. The van der Waals surface area contributed by atoms with Crippen molar-refractivity contribution in [1.29, 1.82) is 0 Å². The van der Waals surface area contributed by atoms with E-state index in [1.165, 1.54) is 19.3 Å². The Morgan fingerprint density at radius 1 is 1.29 bits per heavy atom. The van der Waals surface area contributed by atoms with Crippen molar-refractivity contribution >= 4 is 0 Å². The molecule has 17 heavy (non-hydrogen) atoms. The normalized spacial score (nSPS) is 19.0. The van der Waals surface area contributed by atoms with Crippen LogP contribution < -0.4 is 10.5 Å². The number of hydrogen-bond donors (Lipinski definition) is 1.